The molecule has 0 bridgehead atoms. The SMILES string of the molecule is O=C(CSCC(O)c1ccccc1)N(Cc1ccsc1)C1CC1. The van der Waals surface area contributed by atoms with E-state index < -0.39 is 6.10 Å². The summed E-state index contributed by atoms with van der Waals surface area (Å²) in [4.78, 5) is 14.5. The van der Waals surface area contributed by atoms with Crippen LogP contribution in [0.3, 0.4) is 0 Å². The highest BCUT2D eigenvalue weighted by Crippen LogP contribution is 2.29. The highest BCUT2D eigenvalue weighted by Gasteiger charge is 2.32. The van der Waals surface area contributed by atoms with Gasteiger partial charge in [0.2, 0.25) is 5.91 Å². The van der Waals surface area contributed by atoms with E-state index in [1.165, 1.54) is 17.3 Å². The van der Waals surface area contributed by atoms with Crippen LogP contribution in [-0.4, -0.2) is 33.5 Å². The van der Waals surface area contributed by atoms with E-state index in [0.717, 1.165) is 24.9 Å². The molecule has 23 heavy (non-hydrogen) atoms. The first-order valence-electron chi connectivity index (χ1n) is 7.85. The van der Waals surface area contributed by atoms with Crippen LogP contribution in [0.25, 0.3) is 0 Å². The Morgan fingerprint density at radius 1 is 1.30 bits per heavy atom. The van der Waals surface area contributed by atoms with Gasteiger partial charge in [-0.25, -0.2) is 0 Å². The molecule has 1 aliphatic rings. The summed E-state index contributed by atoms with van der Waals surface area (Å²) in [6.45, 7) is 0.717. The van der Waals surface area contributed by atoms with E-state index in [-0.39, 0.29) is 5.91 Å². The first kappa shape index (κ1) is 16.6. The zero-order valence-electron chi connectivity index (χ0n) is 12.9. The Labute approximate surface area is 145 Å². The minimum Gasteiger partial charge on any atom is -0.388 e. The molecule has 0 saturated heterocycles. The maximum atomic E-state index is 12.5. The third-order valence-electron chi connectivity index (χ3n) is 3.93. The lowest BCUT2D eigenvalue weighted by Crippen LogP contribution is -2.34. The van der Waals surface area contributed by atoms with Gasteiger partial charge in [-0.2, -0.15) is 11.3 Å². The number of carbonyl (C=O) groups is 1. The van der Waals surface area contributed by atoms with Crippen LogP contribution in [0.1, 0.15) is 30.1 Å². The summed E-state index contributed by atoms with van der Waals surface area (Å²) < 4.78 is 0. The number of carbonyl (C=O) groups excluding carboxylic acids is 1. The summed E-state index contributed by atoms with van der Waals surface area (Å²) in [5.41, 5.74) is 2.12. The van der Waals surface area contributed by atoms with Gasteiger partial charge in [0.15, 0.2) is 0 Å². The van der Waals surface area contributed by atoms with Gasteiger partial charge in [0.25, 0.3) is 0 Å². The highest BCUT2D eigenvalue weighted by atomic mass is 32.2. The van der Waals surface area contributed by atoms with Gasteiger partial charge in [-0.05, 0) is 40.8 Å². The number of thiophene rings is 1. The average Bonchev–Trinajstić information content (AvgIpc) is 3.29. The normalized spacial score (nSPS) is 15.3. The summed E-state index contributed by atoms with van der Waals surface area (Å²) in [7, 11) is 0. The Balaban J connectivity index is 1.47. The smallest absolute Gasteiger partial charge is 0.233 e. The number of thioether (sulfide) groups is 1. The third kappa shape index (κ3) is 4.83. The molecule has 122 valence electrons. The van der Waals surface area contributed by atoms with Crippen LogP contribution in [0.4, 0.5) is 0 Å². The van der Waals surface area contributed by atoms with Crippen LogP contribution in [-0.2, 0) is 11.3 Å². The number of benzene rings is 1. The standard InChI is InChI=1S/C18H21NO2S2/c20-17(15-4-2-1-3-5-15)12-23-13-18(21)19(16-6-7-16)10-14-8-9-22-11-14/h1-5,8-9,11,16-17,20H,6-7,10,12-13H2. The monoisotopic (exact) mass is 347 g/mol. The van der Waals surface area contributed by atoms with E-state index in [1.54, 1.807) is 11.3 Å². The number of rotatable bonds is 8. The van der Waals surface area contributed by atoms with Crippen molar-refractivity contribution in [3.8, 4) is 0 Å². The van der Waals surface area contributed by atoms with Crippen molar-refractivity contribution in [3.63, 3.8) is 0 Å². The van der Waals surface area contributed by atoms with Crippen molar-refractivity contribution in [1.82, 2.24) is 4.90 Å². The number of aliphatic hydroxyl groups excluding tert-OH is 1. The van der Waals surface area contributed by atoms with Crippen molar-refractivity contribution in [2.75, 3.05) is 11.5 Å². The molecule has 0 spiro atoms. The maximum Gasteiger partial charge on any atom is 0.233 e. The van der Waals surface area contributed by atoms with Gasteiger partial charge in [-0.3, -0.25) is 4.79 Å². The second-order valence-corrected chi connectivity index (χ2v) is 7.64. The van der Waals surface area contributed by atoms with Gasteiger partial charge in [-0.15, -0.1) is 11.8 Å². The van der Waals surface area contributed by atoms with Gasteiger partial charge in [0.05, 0.1) is 11.9 Å². The highest BCUT2D eigenvalue weighted by molar-refractivity contribution is 7.99. The second kappa shape index (κ2) is 7.99. The van der Waals surface area contributed by atoms with Crippen molar-refractivity contribution in [3.05, 3.63) is 58.3 Å². The fraction of sp³-hybridized carbons (Fsp3) is 0.389. The fourth-order valence-corrected chi connectivity index (χ4v) is 4.03. The van der Waals surface area contributed by atoms with Gasteiger partial charge >= 0.3 is 0 Å². The molecule has 5 heteroatoms. The second-order valence-electron chi connectivity index (χ2n) is 5.83. The van der Waals surface area contributed by atoms with Crippen LogP contribution in [0.2, 0.25) is 0 Å². The van der Waals surface area contributed by atoms with Crippen molar-refractivity contribution in [2.45, 2.75) is 31.5 Å². The van der Waals surface area contributed by atoms with E-state index in [0.29, 0.717) is 17.5 Å². The molecular formula is C18H21NO2S2. The summed E-state index contributed by atoms with van der Waals surface area (Å²) in [6, 6.07) is 12.1. The van der Waals surface area contributed by atoms with Crippen LogP contribution < -0.4 is 0 Å². The topological polar surface area (TPSA) is 40.5 Å². The molecule has 1 aromatic heterocycles. The summed E-state index contributed by atoms with van der Waals surface area (Å²) in [5, 5.41) is 14.3. The van der Waals surface area contributed by atoms with Crippen molar-refractivity contribution >= 4 is 29.0 Å². The zero-order valence-corrected chi connectivity index (χ0v) is 14.6. The lowest BCUT2D eigenvalue weighted by molar-refractivity contribution is -0.129. The molecule has 3 rings (SSSR count). The van der Waals surface area contributed by atoms with Gasteiger partial charge in [-0.1, -0.05) is 30.3 Å². The molecule has 1 aliphatic carbocycles. The van der Waals surface area contributed by atoms with Crippen molar-refractivity contribution in [1.29, 1.82) is 0 Å². The van der Waals surface area contributed by atoms with Crippen LogP contribution in [0, 0.1) is 0 Å². The molecular weight excluding hydrogens is 326 g/mol. The van der Waals surface area contributed by atoms with Crippen LogP contribution in [0.5, 0.6) is 0 Å². The molecule has 1 atom stereocenters. The quantitative estimate of drug-likeness (QED) is 0.791. The molecule has 0 aliphatic heterocycles. The lowest BCUT2D eigenvalue weighted by Gasteiger charge is -2.22. The van der Waals surface area contributed by atoms with E-state index in [2.05, 4.69) is 16.8 Å². The molecule has 1 N–H and O–H groups in total. The van der Waals surface area contributed by atoms with E-state index in [9.17, 15) is 9.90 Å². The minimum absolute atomic E-state index is 0.184. The van der Waals surface area contributed by atoms with E-state index in [1.807, 2.05) is 35.2 Å². The number of aliphatic hydroxyl groups is 1. The molecule has 1 aromatic carbocycles. The largest absolute Gasteiger partial charge is 0.388 e. The Hall–Kier alpha value is -1.30. The predicted octanol–water partition coefficient (Wildman–Crippen LogP) is 3.71. The minimum atomic E-state index is -0.514. The fourth-order valence-electron chi connectivity index (χ4n) is 2.50. The summed E-state index contributed by atoms with van der Waals surface area (Å²) in [6.07, 6.45) is 1.72. The first-order chi connectivity index (χ1) is 11.2. The Morgan fingerprint density at radius 2 is 2.09 bits per heavy atom. The molecule has 1 unspecified atom stereocenters. The molecule has 0 radical (unpaired) electrons. The number of nitrogens with zero attached hydrogens (tertiary/aromatic N) is 1. The Morgan fingerprint density at radius 3 is 2.74 bits per heavy atom. The Kier molecular flexibility index (Phi) is 5.75. The molecule has 1 saturated carbocycles. The molecule has 1 heterocycles. The summed E-state index contributed by atoms with van der Waals surface area (Å²) in [5.74, 6) is 1.17. The van der Waals surface area contributed by atoms with E-state index >= 15 is 0 Å². The molecule has 1 amide bonds. The Bertz CT molecular complexity index is 611. The van der Waals surface area contributed by atoms with Crippen molar-refractivity contribution in [2.24, 2.45) is 0 Å². The van der Waals surface area contributed by atoms with Gasteiger partial charge < -0.3 is 10.0 Å². The molecule has 1 fully saturated rings. The molecule has 2 aromatic rings. The maximum absolute atomic E-state index is 12.5. The third-order valence-corrected chi connectivity index (χ3v) is 5.66. The van der Waals surface area contributed by atoms with Gasteiger partial charge in [0, 0.05) is 18.3 Å². The van der Waals surface area contributed by atoms with E-state index in [4.69, 9.17) is 0 Å². The van der Waals surface area contributed by atoms with Crippen molar-refractivity contribution < 1.29 is 9.90 Å². The number of hydrogen-bond donors (Lipinski definition) is 1. The van der Waals surface area contributed by atoms with Crippen LogP contribution >= 0.6 is 23.1 Å². The molecule has 3 nitrogen and oxygen atoms in total. The first-order valence-corrected chi connectivity index (χ1v) is 9.95. The number of amides is 1. The van der Waals surface area contributed by atoms with Crippen LogP contribution in [0.15, 0.2) is 47.2 Å². The zero-order chi connectivity index (χ0) is 16.1. The lowest BCUT2D eigenvalue weighted by atomic mass is 10.1. The average molecular weight is 348 g/mol. The van der Waals surface area contributed by atoms with Gasteiger partial charge in [0.1, 0.15) is 0 Å². The predicted molar refractivity (Wildman–Crippen MR) is 96.6 cm³/mol. The summed E-state index contributed by atoms with van der Waals surface area (Å²) >= 11 is 3.18. The number of hydrogen-bond acceptors (Lipinski definition) is 4.